The van der Waals surface area contributed by atoms with E-state index in [9.17, 15) is 0 Å². The van der Waals surface area contributed by atoms with Gasteiger partial charge in [-0.15, -0.1) is 22.7 Å². The minimum absolute atomic E-state index is 0.967. The van der Waals surface area contributed by atoms with Gasteiger partial charge in [0.1, 0.15) is 0 Å². The van der Waals surface area contributed by atoms with Gasteiger partial charge in [0, 0.05) is 21.9 Å². The number of hydrogen-bond donors (Lipinski definition) is 1. The monoisotopic (exact) mass is 223 g/mol. The molecule has 0 aliphatic heterocycles. The van der Waals surface area contributed by atoms with Gasteiger partial charge in [0.2, 0.25) is 0 Å². The predicted octanol–water partition coefficient (Wildman–Crippen LogP) is 3.50. The van der Waals surface area contributed by atoms with Crippen LogP contribution in [0.15, 0.2) is 22.9 Å². The molecule has 1 nitrogen and oxygen atoms in total. The van der Waals surface area contributed by atoms with Gasteiger partial charge in [0.25, 0.3) is 0 Å². The molecular formula is C11H13NS2. The Morgan fingerprint density at radius 3 is 2.86 bits per heavy atom. The molecule has 0 aliphatic carbocycles. The summed E-state index contributed by atoms with van der Waals surface area (Å²) in [6, 6.07) is 4.45. The van der Waals surface area contributed by atoms with Crippen molar-refractivity contribution < 1.29 is 0 Å². The molecule has 0 spiro atoms. The Hall–Kier alpha value is -0.640. The standard InChI is InChI=1S/C11H13NS2/c1-8-3-4-13-11(8)9-5-10(6-12-2)14-7-9/h3-5,7,12H,6H2,1-2H3. The van der Waals surface area contributed by atoms with E-state index in [0.717, 1.165) is 6.54 Å². The summed E-state index contributed by atoms with van der Waals surface area (Å²) in [6.07, 6.45) is 0. The van der Waals surface area contributed by atoms with Gasteiger partial charge in [-0.05, 0) is 42.4 Å². The molecule has 2 aromatic rings. The van der Waals surface area contributed by atoms with Crippen LogP contribution in [0.25, 0.3) is 10.4 Å². The average Bonchev–Trinajstić information content (AvgIpc) is 2.74. The minimum Gasteiger partial charge on any atom is -0.315 e. The maximum absolute atomic E-state index is 3.17. The van der Waals surface area contributed by atoms with Crippen molar-refractivity contribution >= 4 is 22.7 Å². The zero-order valence-electron chi connectivity index (χ0n) is 8.33. The maximum atomic E-state index is 3.17. The second-order valence-electron chi connectivity index (χ2n) is 3.26. The fraction of sp³-hybridized carbons (Fsp3) is 0.273. The molecule has 3 heteroatoms. The molecule has 0 aliphatic rings. The molecule has 74 valence electrons. The highest BCUT2D eigenvalue weighted by Gasteiger charge is 2.05. The van der Waals surface area contributed by atoms with Crippen molar-refractivity contribution in [1.82, 2.24) is 5.32 Å². The van der Waals surface area contributed by atoms with Crippen molar-refractivity contribution in [1.29, 1.82) is 0 Å². The van der Waals surface area contributed by atoms with Crippen LogP contribution in [0.4, 0.5) is 0 Å². The third-order valence-electron chi connectivity index (χ3n) is 2.13. The predicted molar refractivity (Wildman–Crippen MR) is 65.1 cm³/mol. The van der Waals surface area contributed by atoms with Crippen LogP contribution >= 0.6 is 22.7 Å². The summed E-state index contributed by atoms with van der Waals surface area (Å²) in [7, 11) is 1.98. The van der Waals surface area contributed by atoms with Gasteiger partial charge in [-0.25, -0.2) is 0 Å². The van der Waals surface area contributed by atoms with E-state index in [4.69, 9.17) is 0 Å². The Labute approximate surface area is 92.4 Å². The molecule has 0 fully saturated rings. The number of rotatable bonds is 3. The third kappa shape index (κ3) is 1.90. The summed E-state index contributed by atoms with van der Waals surface area (Å²) in [5, 5.41) is 7.57. The van der Waals surface area contributed by atoms with Crippen LogP contribution in [0.1, 0.15) is 10.4 Å². The number of thiophene rings is 2. The summed E-state index contributed by atoms with van der Waals surface area (Å²) in [5.74, 6) is 0. The highest BCUT2D eigenvalue weighted by Crippen LogP contribution is 2.32. The minimum atomic E-state index is 0.967. The van der Waals surface area contributed by atoms with E-state index in [2.05, 4.69) is 35.1 Å². The smallest absolute Gasteiger partial charge is 0.0380 e. The molecule has 2 aromatic heterocycles. The van der Waals surface area contributed by atoms with E-state index < -0.39 is 0 Å². The molecule has 0 saturated carbocycles. The SMILES string of the molecule is CNCc1cc(-c2sccc2C)cs1. The van der Waals surface area contributed by atoms with Crippen molar-refractivity contribution in [2.45, 2.75) is 13.5 Å². The van der Waals surface area contributed by atoms with Gasteiger partial charge in [-0.1, -0.05) is 0 Å². The normalized spacial score (nSPS) is 10.7. The van der Waals surface area contributed by atoms with E-state index in [1.165, 1.54) is 20.9 Å². The Morgan fingerprint density at radius 1 is 1.36 bits per heavy atom. The van der Waals surface area contributed by atoms with Gasteiger partial charge >= 0.3 is 0 Å². The fourth-order valence-electron chi connectivity index (χ4n) is 1.44. The van der Waals surface area contributed by atoms with Gasteiger partial charge in [0.15, 0.2) is 0 Å². The quantitative estimate of drug-likeness (QED) is 0.839. The van der Waals surface area contributed by atoms with Crippen LogP contribution in [-0.2, 0) is 6.54 Å². The van der Waals surface area contributed by atoms with E-state index in [0.29, 0.717) is 0 Å². The van der Waals surface area contributed by atoms with Crippen molar-refractivity contribution in [2.75, 3.05) is 7.05 Å². The lowest BCUT2D eigenvalue weighted by atomic mass is 10.2. The van der Waals surface area contributed by atoms with E-state index >= 15 is 0 Å². The van der Waals surface area contributed by atoms with Crippen molar-refractivity contribution in [3.8, 4) is 10.4 Å². The van der Waals surface area contributed by atoms with Gasteiger partial charge in [-0.2, -0.15) is 0 Å². The average molecular weight is 223 g/mol. The first-order valence-corrected chi connectivity index (χ1v) is 6.33. The molecule has 0 bridgehead atoms. The summed E-state index contributed by atoms with van der Waals surface area (Å²) < 4.78 is 0. The molecule has 0 saturated heterocycles. The van der Waals surface area contributed by atoms with E-state index in [-0.39, 0.29) is 0 Å². The van der Waals surface area contributed by atoms with Crippen LogP contribution in [0.5, 0.6) is 0 Å². The van der Waals surface area contributed by atoms with Gasteiger partial charge in [0.05, 0.1) is 0 Å². The highest BCUT2D eigenvalue weighted by atomic mass is 32.1. The molecule has 0 unspecified atom stereocenters. The highest BCUT2D eigenvalue weighted by molar-refractivity contribution is 7.14. The second kappa shape index (κ2) is 4.26. The summed E-state index contributed by atoms with van der Waals surface area (Å²) in [5.41, 5.74) is 2.75. The summed E-state index contributed by atoms with van der Waals surface area (Å²) in [6.45, 7) is 3.14. The first-order valence-electron chi connectivity index (χ1n) is 4.57. The molecular weight excluding hydrogens is 210 g/mol. The molecule has 2 rings (SSSR count). The summed E-state index contributed by atoms with van der Waals surface area (Å²) >= 11 is 3.65. The largest absolute Gasteiger partial charge is 0.315 e. The van der Waals surface area contributed by atoms with Crippen LogP contribution in [0.2, 0.25) is 0 Å². The van der Waals surface area contributed by atoms with E-state index in [1.54, 1.807) is 0 Å². The lowest BCUT2D eigenvalue weighted by Crippen LogP contribution is -2.02. The van der Waals surface area contributed by atoms with Crippen molar-refractivity contribution in [3.05, 3.63) is 33.3 Å². The topological polar surface area (TPSA) is 12.0 Å². The fourth-order valence-corrected chi connectivity index (χ4v) is 3.31. The molecule has 0 radical (unpaired) electrons. The first-order chi connectivity index (χ1) is 6.81. The van der Waals surface area contributed by atoms with Crippen LogP contribution < -0.4 is 5.32 Å². The Balaban J connectivity index is 2.29. The number of aryl methyl sites for hydroxylation is 1. The molecule has 0 amide bonds. The Kier molecular flexibility index (Phi) is 3.01. The van der Waals surface area contributed by atoms with Crippen LogP contribution in [0.3, 0.4) is 0 Å². The molecule has 1 N–H and O–H groups in total. The molecule has 2 heterocycles. The lowest BCUT2D eigenvalue weighted by molar-refractivity contribution is 0.831. The third-order valence-corrected chi connectivity index (χ3v) is 4.13. The first kappa shape index (κ1) is 9.90. The van der Waals surface area contributed by atoms with Crippen LogP contribution in [0, 0.1) is 6.92 Å². The number of nitrogens with one attached hydrogen (secondary N) is 1. The van der Waals surface area contributed by atoms with E-state index in [1.807, 2.05) is 29.7 Å². The molecule has 0 aromatic carbocycles. The summed E-state index contributed by atoms with van der Waals surface area (Å²) in [4.78, 5) is 2.80. The van der Waals surface area contributed by atoms with Gasteiger partial charge in [-0.3, -0.25) is 0 Å². The second-order valence-corrected chi connectivity index (χ2v) is 5.18. The zero-order valence-corrected chi connectivity index (χ0v) is 9.97. The number of hydrogen-bond acceptors (Lipinski definition) is 3. The zero-order chi connectivity index (χ0) is 9.97. The van der Waals surface area contributed by atoms with Crippen LogP contribution in [-0.4, -0.2) is 7.05 Å². The Morgan fingerprint density at radius 2 is 2.21 bits per heavy atom. The van der Waals surface area contributed by atoms with Gasteiger partial charge < -0.3 is 5.32 Å². The van der Waals surface area contributed by atoms with Crippen molar-refractivity contribution in [3.63, 3.8) is 0 Å². The lowest BCUT2D eigenvalue weighted by Gasteiger charge is -1.94. The maximum Gasteiger partial charge on any atom is 0.0380 e. The molecule has 14 heavy (non-hydrogen) atoms. The van der Waals surface area contributed by atoms with Crippen molar-refractivity contribution in [2.24, 2.45) is 0 Å². The Bertz CT molecular complexity index is 414. The molecule has 0 atom stereocenters.